The van der Waals surface area contributed by atoms with E-state index in [2.05, 4.69) is 119 Å². The van der Waals surface area contributed by atoms with E-state index < -0.39 is 7.92 Å². The van der Waals surface area contributed by atoms with Gasteiger partial charge in [-0.1, -0.05) is 71.9 Å². The summed E-state index contributed by atoms with van der Waals surface area (Å²) in [6.45, 7) is 28.7. The zero-order valence-electron chi connectivity index (χ0n) is 23.0. The Labute approximate surface area is 215 Å². The van der Waals surface area contributed by atoms with E-state index in [9.17, 15) is 0 Å². The van der Waals surface area contributed by atoms with Crippen LogP contribution >= 0.6 is 7.92 Å². The van der Waals surface area contributed by atoms with Crippen molar-refractivity contribution in [2.75, 3.05) is 0 Å². The molecule has 0 bridgehead atoms. The van der Waals surface area contributed by atoms with Crippen LogP contribution in [0.15, 0.2) is 36.4 Å². The number of rotatable bonds is 5. The zero-order chi connectivity index (χ0) is 23.0. The van der Waals surface area contributed by atoms with Crippen LogP contribution in [0.5, 0.6) is 0 Å². The third-order valence-electron chi connectivity index (χ3n) is 6.10. The van der Waals surface area contributed by atoms with Gasteiger partial charge in [0.1, 0.15) is 5.30 Å². The van der Waals surface area contributed by atoms with Crippen molar-refractivity contribution < 1.29 is 20.4 Å². The Balaban J connectivity index is 0.00000480. The first-order valence-electron chi connectivity index (χ1n) is 11.8. The molecule has 0 nitrogen and oxygen atoms in total. The Morgan fingerprint density at radius 2 is 1.06 bits per heavy atom. The molecule has 0 saturated carbocycles. The van der Waals surface area contributed by atoms with Crippen LogP contribution in [0.25, 0.3) is 11.1 Å². The first kappa shape index (κ1) is 31.5. The van der Waals surface area contributed by atoms with Gasteiger partial charge in [0.2, 0.25) is 0 Å². The summed E-state index contributed by atoms with van der Waals surface area (Å²) < 4.78 is 0. The molecule has 0 heterocycles. The molecule has 0 N–H and O–H groups in total. The summed E-state index contributed by atoms with van der Waals surface area (Å²) in [5.74, 6) is 1.56. The summed E-state index contributed by atoms with van der Waals surface area (Å²) in [4.78, 5) is 0. The van der Waals surface area contributed by atoms with Gasteiger partial charge in [-0.05, 0) is 87.6 Å². The van der Waals surface area contributed by atoms with Crippen LogP contribution in [0, 0.1) is 7.43 Å². The van der Waals surface area contributed by atoms with Crippen molar-refractivity contribution in [1.82, 2.24) is 0 Å². The topological polar surface area (TPSA) is 0 Å². The van der Waals surface area contributed by atoms with Gasteiger partial charge in [-0.2, -0.15) is 0 Å². The maximum atomic E-state index is 2.49. The predicted molar refractivity (Wildman–Crippen MR) is 148 cm³/mol. The second-order valence-electron chi connectivity index (χ2n) is 12.0. The second-order valence-corrected chi connectivity index (χ2v) is 16.2. The summed E-state index contributed by atoms with van der Waals surface area (Å²) in [5.41, 5.74) is 7.50. The van der Waals surface area contributed by atoms with E-state index in [0.29, 0.717) is 17.8 Å². The van der Waals surface area contributed by atoms with E-state index in [1.165, 1.54) is 27.8 Å². The van der Waals surface area contributed by atoms with Crippen molar-refractivity contribution in [3.05, 3.63) is 60.5 Å². The molecule has 32 heavy (non-hydrogen) atoms. The van der Waals surface area contributed by atoms with Crippen LogP contribution < -0.4 is 5.30 Å². The van der Waals surface area contributed by atoms with Crippen molar-refractivity contribution in [3.63, 3.8) is 0 Å². The third kappa shape index (κ3) is 7.02. The van der Waals surface area contributed by atoms with Crippen LogP contribution in [0.3, 0.4) is 0 Å². The molecule has 0 aromatic heterocycles. The van der Waals surface area contributed by atoms with Gasteiger partial charge in [0, 0.05) is 33.9 Å². The van der Waals surface area contributed by atoms with Crippen LogP contribution in [0.1, 0.15) is 118 Å². The van der Waals surface area contributed by atoms with Crippen LogP contribution in [-0.4, -0.2) is 10.3 Å². The fourth-order valence-electron chi connectivity index (χ4n) is 5.12. The molecule has 2 rings (SSSR count). The van der Waals surface area contributed by atoms with Crippen LogP contribution in [0.4, 0.5) is 0 Å². The molecule has 0 aliphatic heterocycles. The van der Waals surface area contributed by atoms with Gasteiger partial charge < -0.3 is 7.43 Å². The smallest absolute Gasteiger partial charge is 0.100 e. The molecule has 0 fully saturated rings. The van der Waals surface area contributed by atoms with Crippen LogP contribution in [-0.2, 0) is 20.4 Å². The largest absolute Gasteiger partial charge is 0.358 e. The molecule has 2 aromatic carbocycles. The second kappa shape index (κ2) is 11.8. The van der Waals surface area contributed by atoms with Crippen molar-refractivity contribution in [1.29, 1.82) is 0 Å². The Bertz CT molecular complexity index is 820. The van der Waals surface area contributed by atoms with Crippen molar-refractivity contribution in [2.24, 2.45) is 0 Å². The fourth-order valence-corrected chi connectivity index (χ4v) is 9.73. The van der Waals surface area contributed by atoms with Gasteiger partial charge >= 0.3 is 0 Å². The van der Waals surface area contributed by atoms with Crippen LogP contribution in [0.2, 0.25) is 0 Å². The van der Waals surface area contributed by atoms with E-state index in [0.717, 1.165) is 0 Å². The van der Waals surface area contributed by atoms with Gasteiger partial charge in [-0.25, -0.2) is 0 Å². The average molecular weight is 547 g/mol. The molecule has 184 valence electrons. The molecular weight excluding hydrogens is 498 g/mol. The van der Waals surface area contributed by atoms with E-state index >= 15 is 0 Å². The summed E-state index contributed by atoms with van der Waals surface area (Å²) in [5, 5.41) is 2.17. The maximum absolute atomic E-state index is 2.49. The van der Waals surface area contributed by atoms with E-state index in [-0.39, 0.29) is 38.2 Å². The monoisotopic (exact) mass is 546 g/mol. The van der Waals surface area contributed by atoms with Gasteiger partial charge in [-0.15, -0.1) is 0 Å². The van der Waals surface area contributed by atoms with Crippen molar-refractivity contribution in [2.45, 2.75) is 111 Å². The molecule has 0 amide bonds. The predicted octanol–water partition coefficient (Wildman–Crippen LogP) is 9.61. The molecule has 0 spiro atoms. The molecule has 0 aliphatic carbocycles. The molecule has 2 heteroatoms. The number of hydrogen-bond donors (Lipinski definition) is 0. The zero-order valence-corrected chi connectivity index (χ0v) is 25.6. The van der Waals surface area contributed by atoms with Gasteiger partial charge in [0.15, 0.2) is 0 Å². The van der Waals surface area contributed by atoms with E-state index in [1.807, 2.05) is 0 Å². The minimum Gasteiger partial charge on any atom is -0.358 e. The quantitative estimate of drug-likeness (QED) is 0.199. The van der Waals surface area contributed by atoms with Gasteiger partial charge in [-0.3, -0.25) is 0 Å². The molecule has 0 saturated heterocycles. The minimum absolute atomic E-state index is 0. The maximum Gasteiger partial charge on any atom is 0.100 e. The summed E-state index contributed by atoms with van der Waals surface area (Å²) >= 11 is 0. The number of hydrogen-bond acceptors (Lipinski definition) is 0. The van der Waals surface area contributed by atoms with Crippen molar-refractivity contribution >= 4 is 13.2 Å². The Kier molecular flexibility index (Phi) is 11.6. The number of benzene rings is 2. The summed E-state index contributed by atoms with van der Waals surface area (Å²) in [6.07, 6.45) is 0. The summed E-state index contributed by atoms with van der Waals surface area (Å²) in [6, 6.07) is 14.3. The molecule has 0 aliphatic rings. The average Bonchev–Trinajstić information content (AvgIpc) is 2.58. The Hall–Kier alpha value is -0.468. The first-order chi connectivity index (χ1) is 13.7. The van der Waals surface area contributed by atoms with Gasteiger partial charge in [0.05, 0.1) is 10.3 Å². The molecule has 2 aromatic rings. The molecule has 0 radical (unpaired) electrons. The first-order valence-corrected chi connectivity index (χ1v) is 13.3. The van der Waals surface area contributed by atoms with E-state index in [4.69, 9.17) is 0 Å². The minimum atomic E-state index is -0.840. The molecular formula is C30H49PPd. The van der Waals surface area contributed by atoms with Gasteiger partial charge in [0.25, 0.3) is 0 Å². The Morgan fingerprint density at radius 3 is 1.41 bits per heavy atom. The third-order valence-corrected chi connectivity index (χ3v) is 10.1. The van der Waals surface area contributed by atoms with E-state index in [1.54, 1.807) is 5.30 Å². The summed E-state index contributed by atoms with van der Waals surface area (Å²) in [7, 11) is -0.840. The molecule has 0 atom stereocenters. The fraction of sp³-hybridized carbons (Fsp3) is 0.567. The SMILES string of the molecule is CC(C)c1cc(C(C)C)c(-c2ccccc2[PH+](C(C)(C)C)C(C)(C)C)c(C(C)C)c1.[CH3-].[Pd]. The standard InChI is InChI=1S/C29H45P.CH3.Pd/c1-19(2)22-17-24(20(3)4)27(25(18-22)21(5)6)23-15-13-14-16-26(23)30(28(7,8)9)29(10,11)12;;/h13-21H,1-12H3;1H3;/q;-1;/p+1. The Morgan fingerprint density at radius 1 is 0.656 bits per heavy atom. The molecule has 0 unspecified atom stereocenters. The normalized spacial score (nSPS) is 12.4. The van der Waals surface area contributed by atoms with Crippen molar-refractivity contribution in [3.8, 4) is 11.1 Å².